The van der Waals surface area contributed by atoms with Crippen molar-refractivity contribution >= 4 is 11.9 Å². The van der Waals surface area contributed by atoms with Crippen LogP contribution in [0.15, 0.2) is 24.4 Å². The van der Waals surface area contributed by atoms with Gasteiger partial charge in [-0.1, -0.05) is 11.3 Å². The van der Waals surface area contributed by atoms with Crippen LogP contribution in [-0.2, 0) is 17.8 Å². The van der Waals surface area contributed by atoms with Gasteiger partial charge in [-0.05, 0) is 31.5 Å². The minimum Gasteiger partial charge on any atom is -0.486 e. The molecule has 3 amide bonds. The highest BCUT2D eigenvalue weighted by Crippen LogP contribution is 2.31. The summed E-state index contributed by atoms with van der Waals surface area (Å²) in [6, 6.07) is 4.57. The lowest BCUT2D eigenvalue weighted by Gasteiger charge is -2.20. The van der Waals surface area contributed by atoms with Gasteiger partial charge in [0.1, 0.15) is 19.3 Å². The second-order valence-corrected chi connectivity index (χ2v) is 6.89. The number of hydrogen-bond acceptors (Lipinski definition) is 6. The van der Waals surface area contributed by atoms with E-state index in [2.05, 4.69) is 15.6 Å². The first kappa shape index (κ1) is 17.3. The third-order valence-corrected chi connectivity index (χ3v) is 4.55. The smallest absolute Gasteiger partial charge is 0.325 e. The lowest BCUT2D eigenvalue weighted by Crippen LogP contribution is -2.32. The maximum atomic E-state index is 12.7. The Kier molecular flexibility index (Phi) is 4.43. The zero-order chi connectivity index (χ0) is 19.0. The van der Waals surface area contributed by atoms with Crippen LogP contribution in [0, 0.1) is 0 Å². The van der Waals surface area contributed by atoms with E-state index in [0.717, 1.165) is 5.56 Å². The van der Waals surface area contributed by atoms with E-state index in [0.29, 0.717) is 36.8 Å². The first-order valence-corrected chi connectivity index (χ1v) is 8.92. The van der Waals surface area contributed by atoms with Crippen LogP contribution in [0.3, 0.4) is 0 Å². The summed E-state index contributed by atoms with van der Waals surface area (Å²) < 4.78 is 12.8. The fraction of sp³-hybridized carbons (Fsp3) is 0.444. The van der Waals surface area contributed by atoms with E-state index in [4.69, 9.17) is 9.47 Å². The third-order valence-electron chi connectivity index (χ3n) is 4.55. The summed E-state index contributed by atoms with van der Waals surface area (Å²) in [4.78, 5) is 26.2. The van der Waals surface area contributed by atoms with E-state index in [1.807, 2.05) is 19.9 Å². The predicted octanol–water partition coefficient (Wildman–Crippen LogP) is 1.29. The minimum absolute atomic E-state index is 0.177. The molecule has 0 radical (unpaired) electrons. The first-order valence-electron chi connectivity index (χ1n) is 8.92. The topological polar surface area (TPSA) is 98.6 Å². The van der Waals surface area contributed by atoms with Crippen molar-refractivity contribution in [1.29, 1.82) is 0 Å². The first-order chi connectivity index (χ1) is 13.0. The largest absolute Gasteiger partial charge is 0.486 e. The molecular formula is C18H21N5O4. The molecule has 1 atom stereocenters. The van der Waals surface area contributed by atoms with E-state index >= 15 is 0 Å². The Labute approximate surface area is 156 Å². The monoisotopic (exact) mass is 371 g/mol. The van der Waals surface area contributed by atoms with Crippen LogP contribution in [0.2, 0.25) is 0 Å². The van der Waals surface area contributed by atoms with Crippen molar-refractivity contribution in [1.82, 2.24) is 25.2 Å². The quantitative estimate of drug-likeness (QED) is 0.796. The Morgan fingerprint density at radius 1 is 1.22 bits per heavy atom. The molecule has 2 aromatic rings. The highest BCUT2D eigenvalue weighted by molar-refractivity contribution is 6.04. The van der Waals surface area contributed by atoms with Crippen molar-refractivity contribution in [2.75, 3.05) is 13.2 Å². The Bertz CT molecular complexity index is 878. The highest BCUT2D eigenvalue weighted by atomic mass is 16.6. The number of nitrogens with one attached hydrogen (secondary N) is 1. The molecule has 3 heterocycles. The van der Waals surface area contributed by atoms with Crippen LogP contribution in [0.25, 0.3) is 0 Å². The van der Waals surface area contributed by atoms with Gasteiger partial charge in [-0.2, -0.15) is 0 Å². The summed E-state index contributed by atoms with van der Waals surface area (Å²) in [5, 5.41) is 10.8. The fourth-order valence-electron chi connectivity index (χ4n) is 3.10. The number of benzene rings is 1. The van der Waals surface area contributed by atoms with Gasteiger partial charge in [-0.15, -0.1) is 5.10 Å². The second-order valence-electron chi connectivity index (χ2n) is 6.89. The molecule has 0 saturated carbocycles. The summed E-state index contributed by atoms with van der Waals surface area (Å²) >= 11 is 0. The van der Waals surface area contributed by atoms with Gasteiger partial charge in [-0.25, -0.2) is 9.48 Å². The van der Waals surface area contributed by atoms with Crippen LogP contribution in [-0.4, -0.2) is 51.1 Å². The number of urea groups is 1. The average Bonchev–Trinajstić information content (AvgIpc) is 3.22. The summed E-state index contributed by atoms with van der Waals surface area (Å²) in [6.45, 7) is 5.17. The molecule has 1 saturated heterocycles. The number of aromatic nitrogens is 3. The van der Waals surface area contributed by atoms with Gasteiger partial charge in [-0.3, -0.25) is 9.69 Å². The summed E-state index contributed by atoms with van der Waals surface area (Å²) in [5.74, 6) is 1.04. The Morgan fingerprint density at radius 3 is 2.74 bits per heavy atom. The molecule has 1 aromatic carbocycles. The molecule has 0 aliphatic carbocycles. The molecule has 1 unspecified atom stereocenters. The molecule has 27 heavy (non-hydrogen) atoms. The molecule has 9 nitrogen and oxygen atoms in total. The molecule has 9 heteroatoms. The maximum Gasteiger partial charge on any atom is 0.325 e. The summed E-state index contributed by atoms with van der Waals surface area (Å²) in [5.41, 5.74) is 1.47. The summed E-state index contributed by atoms with van der Waals surface area (Å²) in [7, 11) is 0. The SMILES string of the molecule is CC(C)n1cc(CC2NC(=O)N(Cc3ccc4c(c3)OCCO4)C2=O)nn1. The summed E-state index contributed by atoms with van der Waals surface area (Å²) in [6.07, 6.45) is 2.11. The van der Waals surface area contributed by atoms with E-state index in [1.165, 1.54) is 4.90 Å². The molecular weight excluding hydrogens is 350 g/mol. The van der Waals surface area contributed by atoms with E-state index in [-0.39, 0.29) is 18.5 Å². The second kappa shape index (κ2) is 6.90. The van der Waals surface area contributed by atoms with Crippen LogP contribution < -0.4 is 14.8 Å². The molecule has 1 aromatic heterocycles. The van der Waals surface area contributed by atoms with Crippen LogP contribution in [0.4, 0.5) is 4.79 Å². The zero-order valence-corrected chi connectivity index (χ0v) is 15.2. The zero-order valence-electron chi connectivity index (χ0n) is 15.2. The molecule has 1 fully saturated rings. The molecule has 4 rings (SSSR count). The number of imide groups is 1. The molecule has 0 spiro atoms. The Morgan fingerprint density at radius 2 is 2.00 bits per heavy atom. The lowest BCUT2D eigenvalue weighted by atomic mass is 10.1. The molecule has 2 aliphatic heterocycles. The van der Waals surface area contributed by atoms with Gasteiger partial charge in [0.15, 0.2) is 11.5 Å². The molecule has 2 aliphatic rings. The average molecular weight is 371 g/mol. The highest BCUT2D eigenvalue weighted by Gasteiger charge is 2.38. The molecule has 1 N–H and O–H groups in total. The fourth-order valence-corrected chi connectivity index (χ4v) is 3.10. The van der Waals surface area contributed by atoms with Gasteiger partial charge >= 0.3 is 6.03 Å². The van der Waals surface area contributed by atoms with Crippen LogP contribution in [0.1, 0.15) is 31.1 Å². The van der Waals surface area contributed by atoms with Gasteiger partial charge in [0.2, 0.25) is 0 Å². The number of ether oxygens (including phenoxy) is 2. The molecule has 142 valence electrons. The van der Waals surface area contributed by atoms with E-state index < -0.39 is 12.1 Å². The van der Waals surface area contributed by atoms with E-state index in [9.17, 15) is 9.59 Å². The van der Waals surface area contributed by atoms with Gasteiger partial charge in [0.05, 0.1) is 12.2 Å². The number of fused-ring (bicyclic) bond motifs is 1. The van der Waals surface area contributed by atoms with Crippen molar-refractivity contribution in [3.63, 3.8) is 0 Å². The lowest BCUT2D eigenvalue weighted by molar-refractivity contribution is -0.127. The van der Waals surface area contributed by atoms with Crippen molar-refractivity contribution in [3.8, 4) is 11.5 Å². The number of carbonyl (C=O) groups is 2. The van der Waals surface area contributed by atoms with E-state index in [1.54, 1.807) is 23.0 Å². The van der Waals surface area contributed by atoms with Crippen LogP contribution in [0.5, 0.6) is 11.5 Å². The number of hydrogen-bond donors (Lipinski definition) is 1. The Balaban J connectivity index is 1.44. The Hall–Kier alpha value is -3.10. The predicted molar refractivity (Wildman–Crippen MR) is 94.4 cm³/mol. The maximum absolute atomic E-state index is 12.7. The minimum atomic E-state index is -0.632. The number of amides is 3. The van der Waals surface area contributed by atoms with Crippen molar-refractivity contribution in [2.24, 2.45) is 0 Å². The van der Waals surface area contributed by atoms with Gasteiger partial charge in [0, 0.05) is 18.7 Å². The number of carbonyl (C=O) groups excluding carboxylic acids is 2. The van der Waals surface area contributed by atoms with Gasteiger partial charge in [0.25, 0.3) is 5.91 Å². The van der Waals surface area contributed by atoms with Crippen molar-refractivity contribution in [3.05, 3.63) is 35.7 Å². The third kappa shape index (κ3) is 3.44. The van der Waals surface area contributed by atoms with Crippen molar-refractivity contribution in [2.45, 2.75) is 38.9 Å². The standard InChI is InChI=1S/C18H21N5O4/c1-11(2)23-10-13(20-21-23)8-14-17(24)22(18(25)19-14)9-12-3-4-15-16(7-12)27-6-5-26-15/h3-4,7,10-11,14H,5-6,8-9H2,1-2H3,(H,19,25). The van der Waals surface area contributed by atoms with Gasteiger partial charge < -0.3 is 14.8 Å². The van der Waals surface area contributed by atoms with Crippen molar-refractivity contribution < 1.29 is 19.1 Å². The normalized spacial score (nSPS) is 18.9. The number of nitrogens with zero attached hydrogens (tertiary/aromatic N) is 4. The molecule has 0 bridgehead atoms. The van der Waals surface area contributed by atoms with Crippen LogP contribution >= 0.6 is 0 Å². The number of rotatable bonds is 5.